The van der Waals surface area contributed by atoms with E-state index in [1.807, 2.05) is 37.3 Å². The molecule has 1 saturated heterocycles. The summed E-state index contributed by atoms with van der Waals surface area (Å²) in [4.78, 5) is 12.3. The van der Waals surface area contributed by atoms with Gasteiger partial charge in [0.15, 0.2) is 5.69 Å². The molecule has 0 bridgehead atoms. The van der Waals surface area contributed by atoms with Gasteiger partial charge in [-0.25, -0.2) is 4.68 Å². The molecule has 3 rings (SSSR count). The Hall–Kier alpha value is -1.66. The van der Waals surface area contributed by atoms with Crippen LogP contribution in [-0.4, -0.2) is 34.8 Å². The second kappa shape index (κ2) is 6.62. The number of rotatable bonds is 3. The largest absolute Gasteiger partial charge is 0.347 e. The molecule has 2 heterocycles. The fraction of sp³-hybridized carbons (Fsp3) is 0.375. The van der Waals surface area contributed by atoms with E-state index in [1.165, 1.54) is 0 Å². The summed E-state index contributed by atoms with van der Waals surface area (Å²) in [5.74, 6) is -0.104. The van der Waals surface area contributed by atoms with Gasteiger partial charge in [-0.1, -0.05) is 15.9 Å². The number of halogens is 1. The Labute approximate surface area is 138 Å². The molecule has 22 heavy (non-hydrogen) atoms. The van der Waals surface area contributed by atoms with E-state index in [-0.39, 0.29) is 11.9 Å². The van der Waals surface area contributed by atoms with E-state index in [9.17, 15) is 4.79 Å². The van der Waals surface area contributed by atoms with Crippen molar-refractivity contribution in [1.82, 2.24) is 20.4 Å². The lowest BCUT2D eigenvalue weighted by Crippen LogP contribution is -2.45. The normalized spacial score (nSPS) is 18.2. The monoisotopic (exact) mass is 362 g/mol. The van der Waals surface area contributed by atoms with Crippen LogP contribution in [0.2, 0.25) is 0 Å². The van der Waals surface area contributed by atoms with E-state index in [0.29, 0.717) is 5.69 Å². The van der Waals surface area contributed by atoms with Gasteiger partial charge in [0.25, 0.3) is 5.91 Å². The van der Waals surface area contributed by atoms with E-state index < -0.39 is 0 Å². The molecule has 2 aromatic rings. The van der Waals surface area contributed by atoms with Crippen molar-refractivity contribution in [1.29, 1.82) is 0 Å². The van der Waals surface area contributed by atoms with Gasteiger partial charge in [-0.2, -0.15) is 5.10 Å². The first kappa shape index (κ1) is 15.2. The van der Waals surface area contributed by atoms with E-state index in [4.69, 9.17) is 0 Å². The molecule has 0 unspecified atom stereocenters. The van der Waals surface area contributed by atoms with Crippen LogP contribution in [0, 0.1) is 6.92 Å². The predicted octanol–water partition coefficient (Wildman–Crippen LogP) is 2.43. The van der Waals surface area contributed by atoms with Crippen molar-refractivity contribution < 1.29 is 4.79 Å². The van der Waals surface area contributed by atoms with Crippen molar-refractivity contribution in [2.75, 3.05) is 13.1 Å². The molecule has 1 aromatic heterocycles. The number of amides is 1. The van der Waals surface area contributed by atoms with Crippen LogP contribution in [0.3, 0.4) is 0 Å². The standard InChI is InChI=1S/C16H19BrN4O/c1-11-9-15(16(22)19-13-3-2-8-18-10-13)20-21(11)14-6-4-12(17)5-7-14/h4-7,9,13,18H,2-3,8,10H2,1H3,(H,19,22)/t13-/m0/s1. The van der Waals surface area contributed by atoms with Crippen LogP contribution < -0.4 is 10.6 Å². The van der Waals surface area contributed by atoms with Crippen molar-refractivity contribution in [3.05, 3.63) is 46.2 Å². The quantitative estimate of drug-likeness (QED) is 0.881. The highest BCUT2D eigenvalue weighted by Gasteiger charge is 2.19. The Bertz CT molecular complexity index is 659. The van der Waals surface area contributed by atoms with Gasteiger partial charge in [-0.05, 0) is 56.6 Å². The first-order valence-corrected chi connectivity index (χ1v) is 8.27. The summed E-state index contributed by atoms with van der Waals surface area (Å²) >= 11 is 3.42. The summed E-state index contributed by atoms with van der Waals surface area (Å²) < 4.78 is 2.81. The topological polar surface area (TPSA) is 59.0 Å². The lowest BCUT2D eigenvalue weighted by molar-refractivity contribution is 0.0925. The fourth-order valence-corrected chi connectivity index (χ4v) is 2.93. The maximum Gasteiger partial charge on any atom is 0.272 e. The summed E-state index contributed by atoms with van der Waals surface area (Å²) in [5, 5.41) is 10.8. The number of aryl methyl sites for hydroxylation is 1. The smallest absolute Gasteiger partial charge is 0.272 e. The molecule has 1 aliphatic rings. The highest BCUT2D eigenvalue weighted by Crippen LogP contribution is 2.16. The molecule has 1 atom stereocenters. The summed E-state index contributed by atoms with van der Waals surface area (Å²) in [7, 11) is 0. The number of benzene rings is 1. The minimum absolute atomic E-state index is 0.104. The number of carbonyl (C=O) groups is 1. The van der Waals surface area contributed by atoms with Gasteiger partial charge in [0, 0.05) is 22.8 Å². The number of hydrogen-bond acceptors (Lipinski definition) is 3. The zero-order valence-electron chi connectivity index (χ0n) is 12.5. The molecule has 116 valence electrons. The molecule has 1 fully saturated rings. The Morgan fingerprint density at radius 2 is 2.18 bits per heavy atom. The molecular weight excluding hydrogens is 344 g/mol. The van der Waals surface area contributed by atoms with Crippen LogP contribution in [0.4, 0.5) is 0 Å². The second-order valence-electron chi connectivity index (χ2n) is 5.58. The molecule has 0 spiro atoms. The van der Waals surface area contributed by atoms with E-state index in [1.54, 1.807) is 4.68 Å². The molecule has 1 aromatic carbocycles. The average Bonchev–Trinajstić information content (AvgIpc) is 2.91. The molecule has 5 nitrogen and oxygen atoms in total. The zero-order chi connectivity index (χ0) is 15.5. The van der Waals surface area contributed by atoms with Crippen LogP contribution >= 0.6 is 15.9 Å². The Balaban J connectivity index is 1.76. The zero-order valence-corrected chi connectivity index (χ0v) is 14.1. The maximum atomic E-state index is 12.3. The Kier molecular flexibility index (Phi) is 4.59. The van der Waals surface area contributed by atoms with Crippen LogP contribution in [0.25, 0.3) is 5.69 Å². The minimum atomic E-state index is -0.104. The number of hydrogen-bond donors (Lipinski definition) is 2. The van der Waals surface area contributed by atoms with Crippen molar-refractivity contribution in [2.45, 2.75) is 25.8 Å². The molecule has 1 amide bonds. The summed E-state index contributed by atoms with van der Waals surface area (Å²) in [6, 6.07) is 9.88. The lowest BCUT2D eigenvalue weighted by Gasteiger charge is -2.23. The third-order valence-electron chi connectivity index (χ3n) is 3.82. The minimum Gasteiger partial charge on any atom is -0.347 e. The number of nitrogens with one attached hydrogen (secondary N) is 2. The second-order valence-corrected chi connectivity index (χ2v) is 6.49. The summed E-state index contributed by atoms with van der Waals surface area (Å²) in [6.45, 7) is 3.82. The lowest BCUT2D eigenvalue weighted by atomic mass is 10.1. The summed E-state index contributed by atoms with van der Waals surface area (Å²) in [5.41, 5.74) is 2.35. The van der Waals surface area contributed by atoms with E-state index in [0.717, 1.165) is 41.8 Å². The Morgan fingerprint density at radius 1 is 1.41 bits per heavy atom. The van der Waals surface area contributed by atoms with Crippen LogP contribution in [-0.2, 0) is 0 Å². The van der Waals surface area contributed by atoms with Gasteiger partial charge in [0.2, 0.25) is 0 Å². The molecule has 2 N–H and O–H groups in total. The fourth-order valence-electron chi connectivity index (χ4n) is 2.66. The van der Waals surface area contributed by atoms with Gasteiger partial charge in [-0.3, -0.25) is 4.79 Å². The van der Waals surface area contributed by atoms with E-state index in [2.05, 4.69) is 31.7 Å². The Morgan fingerprint density at radius 3 is 2.86 bits per heavy atom. The van der Waals surface area contributed by atoms with Crippen molar-refractivity contribution in [3.8, 4) is 5.69 Å². The number of aromatic nitrogens is 2. The van der Waals surface area contributed by atoms with Crippen LogP contribution in [0.1, 0.15) is 29.0 Å². The summed E-state index contributed by atoms with van der Waals surface area (Å²) in [6.07, 6.45) is 2.11. The third-order valence-corrected chi connectivity index (χ3v) is 4.35. The van der Waals surface area contributed by atoms with Gasteiger partial charge in [0.1, 0.15) is 0 Å². The van der Waals surface area contributed by atoms with Crippen LogP contribution in [0.15, 0.2) is 34.8 Å². The van der Waals surface area contributed by atoms with E-state index >= 15 is 0 Å². The van der Waals surface area contributed by atoms with Gasteiger partial charge in [-0.15, -0.1) is 0 Å². The number of nitrogens with zero attached hydrogens (tertiary/aromatic N) is 2. The van der Waals surface area contributed by atoms with Crippen molar-refractivity contribution in [2.24, 2.45) is 0 Å². The molecule has 0 aliphatic carbocycles. The highest BCUT2D eigenvalue weighted by atomic mass is 79.9. The first-order valence-electron chi connectivity index (χ1n) is 7.47. The SMILES string of the molecule is Cc1cc(C(=O)N[C@H]2CCCNC2)nn1-c1ccc(Br)cc1. The van der Waals surface area contributed by atoms with Crippen LogP contribution in [0.5, 0.6) is 0 Å². The average molecular weight is 363 g/mol. The van der Waals surface area contributed by atoms with Crippen molar-refractivity contribution in [3.63, 3.8) is 0 Å². The maximum absolute atomic E-state index is 12.3. The third kappa shape index (κ3) is 3.39. The molecule has 6 heteroatoms. The number of piperidine rings is 1. The van der Waals surface area contributed by atoms with Crippen molar-refractivity contribution >= 4 is 21.8 Å². The predicted molar refractivity (Wildman–Crippen MR) is 89.4 cm³/mol. The van der Waals surface area contributed by atoms with Gasteiger partial charge < -0.3 is 10.6 Å². The number of carbonyl (C=O) groups excluding carboxylic acids is 1. The first-order chi connectivity index (χ1) is 10.6. The molecular formula is C16H19BrN4O. The molecule has 0 radical (unpaired) electrons. The van der Waals surface area contributed by atoms with Gasteiger partial charge in [0.05, 0.1) is 5.69 Å². The molecule has 0 saturated carbocycles. The van der Waals surface area contributed by atoms with Gasteiger partial charge >= 0.3 is 0 Å². The molecule has 1 aliphatic heterocycles. The highest BCUT2D eigenvalue weighted by molar-refractivity contribution is 9.10.